The molecule has 22 heavy (non-hydrogen) atoms. The second kappa shape index (κ2) is 6.60. The van der Waals surface area contributed by atoms with E-state index in [0.29, 0.717) is 12.6 Å². The van der Waals surface area contributed by atoms with Crippen LogP contribution in [0.1, 0.15) is 25.8 Å². The van der Waals surface area contributed by atoms with Gasteiger partial charge in [0.2, 0.25) is 0 Å². The third kappa shape index (κ3) is 3.63. The summed E-state index contributed by atoms with van der Waals surface area (Å²) in [7, 11) is 0. The molecule has 0 bridgehead atoms. The number of nitrogens with zero attached hydrogens (tertiary/aromatic N) is 4. The minimum atomic E-state index is 0.566. The van der Waals surface area contributed by atoms with Gasteiger partial charge in [-0.1, -0.05) is 6.92 Å². The van der Waals surface area contributed by atoms with Gasteiger partial charge in [0.1, 0.15) is 12.1 Å². The molecular formula is C16H22N6. The van der Waals surface area contributed by atoms with Crippen LogP contribution in [0, 0.1) is 5.92 Å². The number of nitrogens with one attached hydrogen (secondary N) is 2. The van der Waals surface area contributed by atoms with Crippen LogP contribution in [0.5, 0.6) is 0 Å². The van der Waals surface area contributed by atoms with Crippen LogP contribution in [0.25, 0.3) is 5.82 Å². The molecular weight excluding hydrogens is 276 g/mol. The van der Waals surface area contributed by atoms with E-state index in [1.165, 1.54) is 6.42 Å². The van der Waals surface area contributed by atoms with Gasteiger partial charge in [-0.15, -0.1) is 0 Å². The molecule has 2 atom stereocenters. The zero-order chi connectivity index (χ0) is 15.4. The molecule has 0 aliphatic heterocycles. The zero-order valence-electron chi connectivity index (χ0n) is 13.0. The predicted octanol–water partition coefficient (Wildman–Crippen LogP) is 1.73. The maximum absolute atomic E-state index is 4.66. The van der Waals surface area contributed by atoms with Crippen molar-refractivity contribution in [3.63, 3.8) is 0 Å². The van der Waals surface area contributed by atoms with Crippen molar-refractivity contribution in [3.05, 3.63) is 42.6 Å². The van der Waals surface area contributed by atoms with E-state index >= 15 is 0 Å². The molecule has 6 heteroatoms. The molecule has 0 aromatic carbocycles. The van der Waals surface area contributed by atoms with Gasteiger partial charge in [0.25, 0.3) is 0 Å². The highest BCUT2D eigenvalue weighted by molar-refractivity contribution is 5.80. The zero-order valence-corrected chi connectivity index (χ0v) is 13.0. The maximum atomic E-state index is 4.66. The highest BCUT2D eigenvalue weighted by atomic mass is 15.2. The number of aliphatic imine (C=N–C) groups is 1. The molecule has 2 N–H and O–H groups in total. The van der Waals surface area contributed by atoms with Crippen molar-refractivity contribution >= 4 is 5.96 Å². The summed E-state index contributed by atoms with van der Waals surface area (Å²) in [6.07, 6.45) is 8.41. The van der Waals surface area contributed by atoms with Crippen LogP contribution in [0.4, 0.5) is 0 Å². The summed E-state index contributed by atoms with van der Waals surface area (Å²) in [6.45, 7) is 5.82. The number of rotatable bonds is 5. The van der Waals surface area contributed by atoms with E-state index in [2.05, 4.69) is 39.4 Å². The van der Waals surface area contributed by atoms with E-state index in [-0.39, 0.29) is 0 Å². The summed E-state index contributed by atoms with van der Waals surface area (Å²) in [4.78, 5) is 13.1. The Hall–Kier alpha value is -2.37. The monoisotopic (exact) mass is 298 g/mol. The Bertz CT molecular complexity index is 634. The van der Waals surface area contributed by atoms with Crippen molar-refractivity contribution in [2.45, 2.75) is 32.9 Å². The van der Waals surface area contributed by atoms with Crippen LogP contribution < -0.4 is 10.6 Å². The lowest BCUT2D eigenvalue weighted by Gasteiger charge is -2.11. The second-order valence-corrected chi connectivity index (χ2v) is 5.65. The van der Waals surface area contributed by atoms with E-state index in [9.17, 15) is 0 Å². The van der Waals surface area contributed by atoms with E-state index in [1.807, 2.05) is 29.1 Å². The molecule has 0 spiro atoms. The molecule has 0 radical (unpaired) electrons. The van der Waals surface area contributed by atoms with Gasteiger partial charge < -0.3 is 10.6 Å². The lowest BCUT2D eigenvalue weighted by atomic mass is 10.2. The molecule has 1 saturated carbocycles. The average Bonchev–Trinajstić information content (AvgIpc) is 3.02. The van der Waals surface area contributed by atoms with Crippen molar-refractivity contribution in [1.82, 2.24) is 25.2 Å². The van der Waals surface area contributed by atoms with Crippen LogP contribution in [-0.4, -0.2) is 33.1 Å². The maximum Gasteiger partial charge on any atom is 0.191 e. The normalized spacial score (nSPS) is 20.7. The van der Waals surface area contributed by atoms with E-state index in [0.717, 1.165) is 29.8 Å². The van der Waals surface area contributed by atoms with Gasteiger partial charge in [0.15, 0.2) is 5.96 Å². The standard InChI is InChI=1S/C16H22N6/c1-3-18-16(21-14-8-12(14)2)20-10-13-4-5-19-15(9-13)22-7-6-17-11-22/h4-7,9,11-12,14H,3,8,10H2,1-2H3,(H2,18,20,21). The fourth-order valence-electron chi connectivity index (χ4n) is 2.28. The van der Waals surface area contributed by atoms with E-state index < -0.39 is 0 Å². The number of hydrogen-bond acceptors (Lipinski definition) is 3. The van der Waals surface area contributed by atoms with Gasteiger partial charge >= 0.3 is 0 Å². The van der Waals surface area contributed by atoms with Crippen molar-refractivity contribution < 1.29 is 0 Å². The van der Waals surface area contributed by atoms with Crippen molar-refractivity contribution in [3.8, 4) is 5.82 Å². The molecule has 2 aromatic heterocycles. The summed E-state index contributed by atoms with van der Waals surface area (Å²) in [5.74, 6) is 2.49. The van der Waals surface area contributed by atoms with E-state index in [1.54, 1.807) is 12.5 Å². The first kappa shape index (κ1) is 14.6. The van der Waals surface area contributed by atoms with E-state index in [4.69, 9.17) is 0 Å². The highest BCUT2D eigenvalue weighted by Crippen LogP contribution is 2.28. The molecule has 0 saturated heterocycles. The molecule has 1 fully saturated rings. The molecule has 2 heterocycles. The van der Waals surface area contributed by atoms with Crippen molar-refractivity contribution in [2.75, 3.05) is 6.54 Å². The molecule has 1 aliphatic carbocycles. The van der Waals surface area contributed by atoms with Gasteiger partial charge in [-0.25, -0.2) is 15.0 Å². The topological polar surface area (TPSA) is 67.1 Å². The van der Waals surface area contributed by atoms with Crippen LogP contribution in [0.15, 0.2) is 42.0 Å². The smallest absolute Gasteiger partial charge is 0.191 e. The number of guanidine groups is 1. The minimum Gasteiger partial charge on any atom is -0.357 e. The van der Waals surface area contributed by atoms with Gasteiger partial charge in [0, 0.05) is 31.2 Å². The molecule has 6 nitrogen and oxygen atoms in total. The first-order valence-electron chi connectivity index (χ1n) is 7.74. The Morgan fingerprint density at radius 2 is 2.32 bits per heavy atom. The van der Waals surface area contributed by atoms with Crippen molar-refractivity contribution in [1.29, 1.82) is 0 Å². The summed E-state index contributed by atoms with van der Waals surface area (Å²) in [6, 6.07) is 4.60. The third-order valence-electron chi connectivity index (χ3n) is 3.77. The van der Waals surface area contributed by atoms with Crippen LogP contribution >= 0.6 is 0 Å². The molecule has 2 unspecified atom stereocenters. The fourth-order valence-corrected chi connectivity index (χ4v) is 2.28. The molecule has 116 valence electrons. The lowest BCUT2D eigenvalue weighted by Crippen LogP contribution is -2.39. The number of aromatic nitrogens is 3. The van der Waals surface area contributed by atoms with Crippen LogP contribution in [0.3, 0.4) is 0 Å². The van der Waals surface area contributed by atoms with Gasteiger partial charge in [-0.2, -0.15) is 0 Å². The van der Waals surface area contributed by atoms with Crippen molar-refractivity contribution in [2.24, 2.45) is 10.9 Å². The fraction of sp³-hybridized carbons (Fsp3) is 0.438. The highest BCUT2D eigenvalue weighted by Gasteiger charge is 2.33. The predicted molar refractivity (Wildman–Crippen MR) is 86.9 cm³/mol. The largest absolute Gasteiger partial charge is 0.357 e. The number of pyridine rings is 1. The summed E-state index contributed by atoms with van der Waals surface area (Å²) in [5.41, 5.74) is 1.12. The molecule has 2 aromatic rings. The Labute approximate surface area is 130 Å². The Kier molecular flexibility index (Phi) is 4.37. The average molecular weight is 298 g/mol. The van der Waals surface area contributed by atoms with Gasteiger partial charge in [-0.3, -0.25) is 4.57 Å². The molecule has 3 rings (SSSR count). The second-order valence-electron chi connectivity index (χ2n) is 5.65. The lowest BCUT2D eigenvalue weighted by molar-refractivity contribution is 0.766. The third-order valence-corrected chi connectivity index (χ3v) is 3.77. The summed E-state index contributed by atoms with van der Waals surface area (Å²) >= 11 is 0. The first-order valence-corrected chi connectivity index (χ1v) is 7.74. The van der Waals surface area contributed by atoms with Gasteiger partial charge in [0.05, 0.1) is 6.54 Å². The van der Waals surface area contributed by atoms with Crippen LogP contribution in [-0.2, 0) is 6.54 Å². The Morgan fingerprint density at radius 3 is 3.00 bits per heavy atom. The molecule has 0 amide bonds. The Morgan fingerprint density at radius 1 is 1.45 bits per heavy atom. The number of imidazole rings is 1. The Balaban J connectivity index is 1.68. The van der Waals surface area contributed by atoms with Crippen LogP contribution in [0.2, 0.25) is 0 Å². The SMILES string of the molecule is CCNC(=NCc1ccnc(-n2ccnc2)c1)NC1CC1C. The first-order chi connectivity index (χ1) is 10.8. The summed E-state index contributed by atoms with van der Waals surface area (Å²) in [5, 5.41) is 6.76. The minimum absolute atomic E-state index is 0.566. The number of hydrogen-bond donors (Lipinski definition) is 2. The van der Waals surface area contributed by atoms with Gasteiger partial charge in [-0.05, 0) is 37.0 Å². The molecule has 1 aliphatic rings. The quantitative estimate of drug-likeness (QED) is 0.652. The summed E-state index contributed by atoms with van der Waals surface area (Å²) < 4.78 is 1.89.